The second-order valence-corrected chi connectivity index (χ2v) is 10.2. The van der Waals surface area contributed by atoms with Crippen LogP contribution in [0.3, 0.4) is 0 Å². The van der Waals surface area contributed by atoms with Crippen molar-refractivity contribution in [2.75, 3.05) is 4.90 Å². The first-order chi connectivity index (χ1) is 17.3. The fourth-order valence-electron chi connectivity index (χ4n) is 4.99. The number of hydrogen-bond donors (Lipinski definition) is 2. The van der Waals surface area contributed by atoms with E-state index >= 15 is 0 Å². The number of aryl methyl sites for hydroxylation is 2. The fourth-order valence-corrected chi connectivity index (χ4v) is 5.58. The van der Waals surface area contributed by atoms with Crippen molar-refractivity contribution in [1.82, 2.24) is 14.9 Å². The Balaban J connectivity index is 1.68. The van der Waals surface area contributed by atoms with Gasteiger partial charge in [-0.25, -0.2) is 4.79 Å². The second-order valence-electron chi connectivity index (χ2n) is 8.95. The first-order valence-corrected chi connectivity index (χ1v) is 12.8. The van der Waals surface area contributed by atoms with Crippen LogP contribution in [0.15, 0.2) is 77.4 Å². The van der Waals surface area contributed by atoms with Gasteiger partial charge in [0.25, 0.3) is 0 Å². The van der Waals surface area contributed by atoms with Crippen molar-refractivity contribution >= 4 is 44.9 Å². The quantitative estimate of drug-likeness (QED) is 0.274. The van der Waals surface area contributed by atoms with Gasteiger partial charge in [0.15, 0.2) is 5.11 Å². The Morgan fingerprint density at radius 2 is 1.83 bits per heavy atom. The zero-order chi connectivity index (χ0) is 25.6. The lowest BCUT2D eigenvalue weighted by molar-refractivity contribution is 0.0697. The number of thiocarbonyl (C=S) groups is 1. The molecule has 1 aliphatic heterocycles. The predicted molar refractivity (Wildman–Crippen MR) is 149 cm³/mol. The highest BCUT2D eigenvalue weighted by Crippen LogP contribution is 2.44. The maximum Gasteiger partial charge on any atom is 0.335 e. The molecule has 0 bridgehead atoms. The molecule has 1 fully saturated rings. The lowest BCUT2D eigenvalue weighted by Crippen LogP contribution is -2.29. The Kier molecular flexibility index (Phi) is 6.40. The van der Waals surface area contributed by atoms with Crippen LogP contribution in [0.25, 0.3) is 5.69 Å². The monoisotopic (exact) mass is 560 g/mol. The maximum absolute atomic E-state index is 11.6. The first-order valence-electron chi connectivity index (χ1n) is 11.6. The van der Waals surface area contributed by atoms with Crippen LogP contribution >= 0.6 is 28.1 Å². The minimum atomic E-state index is -0.947. The largest absolute Gasteiger partial charge is 0.478 e. The number of carboxylic acids is 1. The molecule has 6 nitrogen and oxygen atoms in total. The van der Waals surface area contributed by atoms with Crippen LogP contribution in [0.5, 0.6) is 0 Å². The van der Waals surface area contributed by atoms with Crippen LogP contribution in [-0.2, 0) is 0 Å². The van der Waals surface area contributed by atoms with Crippen LogP contribution in [0.4, 0.5) is 5.69 Å². The number of benzene rings is 2. The fraction of sp³-hybridized carbons (Fsp3) is 0.179. The summed E-state index contributed by atoms with van der Waals surface area (Å²) in [7, 11) is 0. The average Bonchev–Trinajstić information content (AvgIpc) is 3.36. The standard InChI is InChI=1S/C28H25BrN4O2S/c1-16-13-21(10-11-23(16)29)33-26(25(31-28(33)36)24-9-4-5-12-30-24)22-14-17(2)32(18(22)3)20-8-6-7-19(15-20)27(34)35/h4-15,25-26H,1-3H3,(H,31,36)(H,34,35). The van der Waals surface area contributed by atoms with Crippen molar-refractivity contribution in [2.24, 2.45) is 0 Å². The molecule has 182 valence electrons. The van der Waals surface area contributed by atoms with Gasteiger partial charge in [0.2, 0.25) is 0 Å². The van der Waals surface area contributed by atoms with Crippen molar-refractivity contribution < 1.29 is 9.90 Å². The number of rotatable bonds is 5. The van der Waals surface area contributed by atoms with Crippen molar-refractivity contribution in [1.29, 1.82) is 0 Å². The van der Waals surface area contributed by atoms with E-state index in [4.69, 9.17) is 12.2 Å². The topological polar surface area (TPSA) is 70.4 Å². The molecule has 0 amide bonds. The molecule has 1 saturated heterocycles. The number of hydrogen-bond acceptors (Lipinski definition) is 3. The lowest BCUT2D eigenvalue weighted by atomic mass is 9.96. The number of nitrogens with zero attached hydrogens (tertiary/aromatic N) is 3. The average molecular weight is 562 g/mol. The Hall–Kier alpha value is -3.49. The molecule has 8 heteroatoms. The normalized spacial score (nSPS) is 17.3. The third kappa shape index (κ3) is 4.20. The summed E-state index contributed by atoms with van der Waals surface area (Å²) in [5.74, 6) is -0.947. The molecule has 0 spiro atoms. The van der Waals surface area contributed by atoms with Gasteiger partial charge in [-0.3, -0.25) is 4.98 Å². The highest BCUT2D eigenvalue weighted by atomic mass is 79.9. The summed E-state index contributed by atoms with van der Waals surface area (Å²) >= 11 is 9.48. The van der Waals surface area contributed by atoms with E-state index in [0.29, 0.717) is 5.11 Å². The van der Waals surface area contributed by atoms with Crippen LogP contribution in [0.2, 0.25) is 0 Å². The molecule has 2 N–H and O–H groups in total. The summed E-state index contributed by atoms with van der Waals surface area (Å²) in [5, 5.41) is 13.7. The summed E-state index contributed by atoms with van der Waals surface area (Å²) in [6, 6.07) is 21.0. The van der Waals surface area contributed by atoms with E-state index in [1.54, 1.807) is 24.4 Å². The van der Waals surface area contributed by atoms with E-state index in [1.807, 2.05) is 37.3 Å². The summed E-state index contributed by atoms with van der Waals surface area (Å²) in [6.07, 6.45) is 1.80. The number of aromatic carboxylic acids is 1. The molecule has 2 aromatic heterocycles. The Labute approximate surface area is 223 Å². The number of pyridine rings is 1. The number of carbonyl (C=O) groups is 1. The minimum absolute atomic E-state index is 0.157. The molecule has 4 aromatic rings. The van der Waals surface area contributed by atoms with Gasteiger partial charge in [-0.1, -0.05) is 28.1 Å². The molecule has 0 aliphatic carbocycles. The van der Waals surface area contributed by atoms with E-state index in [2.05, 4.69) is 67.7 Å². The summed E-state index contributed by atoms with van der Waals surface area (Å²) in [4.78, 5) is 18.4. The van der Waals surface area contributed by atoms with Gasteiger partial charge in [0.1, 0.15) is 0 Å². The number of halogens is 1. The molecule has 2 atom stereocenters. The number of carboxylic acid groups (broad SMARTS) is 1. The highest BCUT2D eigenvalue weighted by molar-refractivity contribution is 9.10. The van der Waals surface area contributed by atoms with Gasteiger partial charge in [-0.2, -0.15) is 0 Å². The molecule has 2 unspecified atom stereocenters. The number of nitrogens with one attached hydrogen (secondary N) is 1. The van der Waals surface area contributed by atoms with Crippen molar-refractivity contribution in [3.8, 4) is 5.69 Å². The van der Waals surface area contributed by atoms with Crippen molar-refractivity contribution in [2.45, 2.75) is 32.9 Å². The van der Waals surface area contributed by atoms with Crippen LogP contribution in [0.1, 0.15) is 50.7 Å². The highest BCUT2D eigenvalue weighted by Gasteiger charge is 2.42. The van der Waals surface area contributed by atoms with Gasteiger partial charge >= 0.3 is 5.97 Å². The first kappa shape index (κ1) is 24.2. The smallest absolute Gasteiger partial charge is 0.335 e. The summed E-state index contributed by atoms with van der Waals surface area (Å²) in [6.45, 7) is 6.17. The van der Waals surface area contributed by atoms with Crippen molar-refractivity contribution in [3.05, 3.63) is 111 Å². The zero-order valence-electron chi connectivity index (χ0n) is 20.1. The van der Waals surface area contributed by atoms with E-state index in [0.717, 1.165) is 44.1 Å². The number of aromatic nitrogens is 2. The van der Waals surface area contributed by atoms with Gasteiger partial charge in [-0.15, -0.1) is 0 Å². The Morgan fingerprint density at radius 1 is 1.03 bits per heavy atom. The van der Waals surface area contributed by atoms with Gasteiger partial charge in [0, 0.05) is 33.4 Å². The second kappa shape index (κ2) is 9.52. The van der Waals surface area contributed by atoms with E-state index in [1.165, 1.54) is 0 Å². The minimum Gasteiger partial charge on any atom is -0.478 e. The SMILES string of the molecule is Cc1cc(N2C(=S)NC(c3ccccn3)C2c2cc(C)n(-c3cccc(C(=O)O)c3)c2C)ccc1Br. The molecule has 3 heterocycles. The lowest BCUT2D eigenvalue weighted by Gasteiger charge is -2.28. The molecule has 0 saturated carbocycles. The third-order valence-corrected chi connectivity index (χ3v) is 7.86. The Bertz CT molecular complexity index is 1480. The Morgan fingerprint density at radius 3 is 2.53 bits per heavy atom. The van der Waals surface area contributed by atoms with Crippen LogP contribution < -0.4 is 10.2 Å². The summed E-state index contributed by atoms with van der Waals surface area (Å²) < 4.78 is 3.14. The number of anilines is 1. The van der Waals surface area contributed by atoms with Crippen LogP contribution in [0, 0.1) is 20.8 Å². The van der Waals surface area contributed by atoms with E-state index in [9.17, 15) is 9.90 Å². The molecule has 2 aromatic carbocycles. The zero-order valence-corrected chi connectivity index (χ0v) is 22.5. The van der Waals surface area contributed by atoms with Gasteiger partial charge in [0.05, 0.1) is 23.3 Å². The van der Waals surface area contributed by atoms with E-state index in [-0.39, 0.29) is 17.6 Å². The van der Waals surface area contributed by atoms with Gasteiger partial charge in [-0.05, 0) is 98.7 Å². The van der Waals surface area contributed by atoms with Gasteiger partial charge < -0.3 is 19.9 Å². The van der Waals surface area contributed by atoms with E-state index < -0.39 is 5.97 Å². The molecule has 1 aliphatic rings. The summed E-state index contributed by atoms with van der Waals surface area (Å²) in [5.41, 5.74) is 7.20. The van der Waals surface area contributed by atoms with Crippen molar-refractivity contribution in [3.63, 3.8) is 0 Å². The molecular weight excluding hydrogens is 536 g/mol. The predicted octanol–water partition coefficient (Wildman–Crippen LogP) is 6.44. The molecule has 0 radical (unpaired) electrons. The third-order valence-electron chi connectivity index (χ3n) is 6.66. The maximum atomic E-state index is 11.6. The molecule has 36 heavy (non-hydrogen) atoms. The van der Waals surface area contributed by atoms with Crippen LogP contribution in [-0.4, -0.2) is 25.7 Å². The molecular formula is C28H25BrN4O2S. The molecule has 5 rings (SSSR count).